The molecule has 3 aromatic rings. The predicted molar refractivity (Wildman–Crippen MR) is 139 cm³/mol. The first-order valence-electron chi connectivity index (χ1n) is 12.7. The summed E-state index contributed by atoms with van der Waals surface area (Å²) in [6.45, 7) is 6.71. The summed E-state index contributed by atoms with van der Waals surface area (Å²) in [4.78, 5) is 10.5. The van der Waals surface area contributed by atoms with Gasteiger partial charge >= 0.3 is 5.92 Å². The standard InChI is InChI=1S/C28H33F5N4O2/c1-15-10-22-20(11-23(15)39-13-18-12-27(30,31)14-37(18)6)25(36-17(3)35-22)34-16(2)19-8-7-9-21(24(19)29)28(32,33)26(4,5)38/h7-11,16,18,38H,12-14H2,1-6H3,(H,34,35,36)/t16-,18+/m1/s1. The lowest BCUT2D eigenvalue weighted by atomic mass is 9.91. The van der Waals surface area contributed by atoms with Crippen LogP contribution in [0.15, 0.2) is 30.3 Å². The van der Waals surface area contributed by atoms with E-state index in [-0.39, 0.29) is 25.1 Å². The average molecular weight is 553 g/mol. The summed E-state index contributed by atoms with van der Waals surface area (Å²) in [6.07, 6.45) is -0.292. The highest BCUT2D eigenvalue weighted by Crippen LogP contribution is 2.41. The lowest BCUT2D eigenvalue weighted by molar-refractivity contribution is -0.170. The van der Waals surface area contributed by atoms with E-state index < -0.39 is 40.9 Å². The molecule has 11 heteroatoms. The van der Waals surface area contributed by atoms with Gasteiger partial charge in [-0.15, -0.1) is 0 Å². The van der Waals surface area contributed by atoms with E-state index in [1.165, 1.54) is 12.1 Å². The van der Waals surface area contributed by atoms with Gasteiger partial charge < -0.3 is 15.2 Å². The van der Waals surface area contributed by atoms with Crippen LogP contribution in [0.25, 0.3) is 10.9 Å². The maximum atomic E-state index is 15.4. The molecule has 39 heavy (non-hydrogen) atoms. The summed E-state index contributed by atoms with van der Waals surface area (Å²) in [5.41, 5.74) is -2.08. The summed E-state index contributed by atoms with van der Waals surface area (Å²) in [6, 6.07) is 5.90. The third-order valence-corrected chi connectivity index (χ3v) is 7.13. The first-order chi connectivity index (χ1) is 18.0. The van der Waals surface area contributed by atoms with Crippen molar-refractivity contribution in [3.05, 3.63) is 58.7 Å². The van der Waals surface area contributed by atoms with Gasteiger partial charge in [-0.05, 0) is 65.4 Å². The molecule has 2 atom stereocenters. The van der Waals surface area contributed by atoms with Crippen molar-refractivity contribution >= 4 is 16.7 Å². The van der Waals surface area contributed by atoms with Gasteiger partial charge in [0.1, 0.15) is 35.4 Å². The van der Waals surface area contributed by atoms with Crippen LogP contribution in [0.1, 0.15) is 55.7 Å². The van der Waals surface area contributed by atoms with Crippen molar-refractivity contribution in [3.63, 3.8) is 0 Å². The zero-order valence-corrected chi connectivity index (χ0v) is 22.7. The Morgan fingerprint density at radius 1 is 1.21 bits per heavy atom. The normalized spacial score (nSPS) is 18.9. The highest BCUT2D eigenvalue weighted by Gasteiger charge is 2.49. The van der Waals surface area contributed by atoms with E-state index in [2.05, 4.69) is 15.3 Å². The molecular formula is C28H33F5N4O2. The van der Waals surface area contributed by atoms with E-state index in [9.17, 15) is 22.7 Å². The average Bonchev–Trinajstić information content (AvgIpc) is 3.07. The minimum absolute atomic E-state index is 0.0328. The largest absolute Gasteiger partial charge is 0.492 e. The van der Waals surface area contributed by atoms with Crippen molar-refractivity contribution in [2.24, 2.45) is 0 Å². The van der Waals surface area contributed by atoms with Gasteiger partial charge in [0.25, 0.3) is 5.92 Å². The number of aromatic nitrogens is 2. The van der Waals surface area contributed by atoms with Gasteiger partial charge in [-0.3, -0.25) is 4.90 Å². The number of ether oxygens (including phenoxy) is 1. The molecule has 2 N–H and O–H groups in total. The van der Waals surface area contributed by atoms with Crippen molar-refractivity contribution in [3.8, 4) is 5.75 Å². The van der Waals surface area contributed by atoms with Gasteiger partial charge in [0.15, 0.2) is 0 Å². The van der Waals surface area contributed by atoms with Crippen LogP contribution in [-0.2, 0) is 5.92 Å². The maximum Gasteiger partial charge on any atom is 0.303 e. The van der Waals surface area contributed by atoms with E-state index >= 15 is 4.39 Å². The molecule has 1 aliphatic rings. The second kappa shape index (κ2) is 10.2. The van der Waals surface area contributed by atoms with Gasteiger partial charge in [-0.25, -0.2) is 23.1 Å². The van der Waals surface area contributed by atoms with Crippen molar-refractivity contribution < 1.29 is 31.8 Å². The van der Waals surface area contributed by atoms with Crippen LogP contribution in [-0.4, -0.2) is 57.7 Å². The van der Waals surface area contributed by atoms with Gasteiger partial charge in [-0.2, -0.15) is 8.78 Å². The number of likely N-dealkylation sites (N-methyl/N-ethyl adjacent to an activating group) is 1. The second-order valence-electron chi connectivity index (χ2n) is 10.9. The van der Waals surface area contributed by atoms with Crippen LogP contribution in [0, 0.1) is 19.7 Å². The molecule has 0 amide bonds. The summed E-state index contributed by atoms with van der Waals surface area (Å²) in [5, 5.41) is 13.6. The number of anilines is 1. The Bertz CT molecular complexity index is 1380. The summed E-state index contributed by atoms with van der Waals surface area (Å²) in [7, 11) is 1.63. The molecule has 212 valence electrons. The van der Waals surface area contributed by atoms with Gasteiger partial charge in [0, 0.05) is 23.4 Å². The number of hydrogen-bond donors (Lipinski definition) is 2. The quantitative estimate of drug-likeness (QED) is 0.327. The van der Waals surface area contributed by atoms with E-state index in [0.717, 1.165) is 25.5 Å². The number of nitrogens with one attached hydrogen (secondary N) is 1. The molecule has 1 aliphatic heterocycles. The minimum atomic E-state index is -3.83. The molecule has 0 saturated carbocycles. The fourth-order valence-electron chi connectivity index (χ4n) is 4.81. The number of hydrogen-bond acceptors (Lipinski definition) is 6. The second-order valence-corrected chi connectivity index (χ2v) is 10.9. The maximum absolute atomic E-state index is 15.4. The lowest BCUT2D eigenvalue weighted by Crippen LogP contribution is -2.41. The molecule has 0 bridgehead atoms. The van der Waals surface area contributed by atoms with Crippen LogP contribution in [0.5, 0.6) is 5.75 Å². The first-order valence-corrected chi connectivity index (χ1v) is 12.7. The number of nitrogens with zero attached hydrogens (tertiary/aromatic N) is 3. The topological polar surface area (TPSA) is 70.5 Å². The Morgan fingerprint density at radius 3 is 2.51 bits per heavy atom. The SMILES string of the molecule is Cc1nc(N[C@H](C)c2cccc(C(F)(F)C(C)(C)O)c2F)c2cc(OC[C@@H]3CC(F)(F)CN3C)c(C)cc2n1. The molecule has 2 aromatic carbocycles. The molecule has 2 heterocycles. The zero-order chi connectivity index (χ0) is 28.9. The molecular weight excluding hydrogens is 519 g/mol. The van der Waals surface area contributed by atoms with E-state index in [1.54, 1.807) is 37.9 Å². The zero-order valence-electron chi connectivity index (χ0n) is 22.7. The van der Waals surface area contributed by atoms with Gasteiger partial charge in [-0.1, -0.05) is 12.1 Å². The van der Waals surface area contributed by atoms with Crippen molar-refractivity contribution in [2.75, 3.05) is 25.5 Å². The van der Waals surface area contributed by atoms with Crippen molar-refractivity contribution in [1.29, 1.82) is 0 Å². The van der Waals surface area contributed by atoms with Gasteiger partial charge in [0.2, 0.25) is 0 Å². The number of benzene rings is 2. The molecule has 1 fully saturated rings. The fourth-order valence-corrected chi connectivity index (χ4v) is 4.81. The number of fused-ring (bicyclic) bond motifs is 1. The summed E-state index contributed by atoms with van der Waals surface area (Å²) >= 11 is 0. The lowest BCUT2D eigenvalue weighted by Gasteiger charge is -2.30. The molecule has 0 unspecified atom stereocenters. The van der Waals surface area contributed by atoms with Crippen LogP contribution < -0.4 is 10.1 Å². The van der Waals surface area contributed by atoms with Crippen LogP contribution >= 0.6 is 0 Å². The Balaban J connectivity index is 1.65. The molecule has 0 radical (unpaired) electrons. The number of likely N-dealkylation sites (tertiary alicyclic amines) is 1. The van der Waals surface area contributed by atoms with Crippen LogP contribution in [0.4, 0.5) is 27.8 Å². The number of halogens is 5. The Hall–Kier alpha value is -3.05. The molecule has 4 rings (SSSR count). The van der Waals surface area contributed by atoms with Crippen molar-refractivity contribution in [2.45, 2.75) is 70.6 Å². The number of alkyl halides is 4. The molecule has 6 nitrogen and oxygen atoms in total. The number of rotatable bonds is 8. The fraction of sp³-hybridized carbons (Fsp3) is 0.500. The smallest absolute Gasteiger partial charge is 0.303 e. The minimum Gasteiger partial charge on any atom is -0.492 e. The van der Waals surface area contributed by atoms with E-state index in [1.807, 2.05) is 6.92 Å². The van der Waals surface area contributed by atoms with Gasteiger partial charge in [0.05, 0.1) is 23.7 Å². The third kappa shape index (κ3) is 5.79. The van der Waals surface area contributed by atoms with Crippen LogP contribution in [0.2, 0.25) is 0 Å². The Morgan fingerprint density at radius 2 is 1.90 bits per heavy atom. The van der Waals surface area contributed by atoms with E-state index in [4.69, 9.17) is 4.74 Å². The third-order valence-electron chi connectivity index (χ3n) is 7.13. The Kier molecular flexibility index (Phi) is 7.54. The monoisotopic (exact) mass is 552 g/mol. The van der Waals surface area contributed by atoms with Crippen LogP contribution in [0.3, 0.4) is 0 Å². The molecule has 1 aromatic heterocycles. The highest BCUT2D eigenvalue weighted by molar-refractivity contribution is 5.91. The molecule has 0 aliphatic carbocycles. The predicted octanol–water partition coefficient (Wildman–Crippen LogP) is 6.14. The van der Waals surface area contributed by atoms with Crippen molar-refractivity contribution in [1.82, 2.24) is 14.9 Å². The Labute approximate surface area is 224 Å². The van der Waals surface area contributed by atoms with E-state index in [0.29, 0.717) is 28.3 Å². The number of aryl methyl sites for hydroxylation is 2. The first kappa shape index (κ1) is 28.9. The summed E-state index contributed by atoms with van der Waals surface area (Å²) in [5.74, 6) is -6.49. The highest BCUT2D eigenvalue weighted by atomic mass is 19.3. The molecule has 1 saturated heterocycles. The number of aliphatic hydroxyl groups is 1. The summed E-state index contributed by atoms with van der Waals surface area (Å²) < 4.78 is 78.5. The molecule has 0 spiro atoms.